The zero-order valence-electron chi connectivity index (χ0n) is 16.7. The fraction of sp³-hybridized carbons (Fsp3) is 0.650. The fourth-order valence-corrected chi connectivity index (χ4v) is 3.77. The van der Waals surface area contributed by atoms with Crippen LogP contribution < -0.4 is 5.32 Å². The highest BCUT2D eigenvalue weighted by molar-refractivity contribution is 14.0. The van der Waals surface area contributed by atoms with Crippen molar-refractivity contribution in [3.8, 4) is 0 Å². The summed E-state index contributed by atoms with van der Waals surface area (Å²) < 4.78 is 19.3. The van der Waals surface area contributed by atoms with E-state index < -0.39 is 0 Å². The van der Waals surface area contributed by atoms with Gasteiger partial charge in [-0.05, 0) is 57.5 Å². The lowest BCUT2D eigenvalue weighted by molar-refractivity contribution is -0.0605. The van der Waals surface area contributed by atoms with Gasteiger partial charge in [-0.15, -0.1) is 24.0 Å². The Morgan fingerprint density at radius 3 is 2.52 bits per heavy atom. The molecule has 152 valence electrons. The Hall–Kier alpha value is -0.930. The molecule has 1 saturated carbocycles. The zero-order valence-corrected chi connectivity index (χ0v) is 19.0. The maximum atomic E-state index is 13.2. The molecule has 2 aliphatic rings. The maximum Gasteiger partial charge on any atom is 0.193 e. The molecular formula is C20H32FIN4O. The van der Waals surface area contributed by atoms with Crippen LogP contribution in [0, 0.1) is 11.7 Å². The molecule has 1 N–H and O–H groups in total. The SMILES string of the molecule is CN=C(NCC(C1CC1)N(C)C)N1CC(C)OC(c2ccc(F)cc2)C1.I. The van der Waals surface area contributed by atoms with Crippen LogP contribution >= 0.6 is 24.0 Å². The van der Waals surface area contributed by atoms with Gasteiger partial charge in [0.1, 0.15) is 11.9 Å². The predicted molar refractivity (Wildman–Crippen MR) is 118 cm³/mol. The first-order chi connectivity index (χ1) is 12.5. The van der Waals surface area contributed by atoms with Crippen molar-refractivity contribution in [3.05, 3.63) is 35.6 Å². The van der Waals surface area contributed by atoms with Gasteiger partial charge in [-0.1, -0.05) is 12.1 Å². The average Bonchev–Trinajstić information content (AvgIpc) is 3.43. The van der Waals surface area contributed by atoms with Gasteiger partial charge in [0.15, 0.2) is 5.96 Å². The van der Waals surface area contributed by atoms with Crippen LogP contribution in [-0.2, 0) is 4.74 Å². The summed E-state index contributed by atoms with van der Waals surface area (Å²) >= 11 is 0. The summed E-state index contributed by atoms with van der Waals surface area (Å²) in [5.41, 5.74) is 1.00. The standard InChI is InChI=1S/C20H31FN4O.HI/c1-14-12-25(13-19(26-14)16-7-9-17(21)10-8-16)20(22-2)23-11-18(24(3)4)15-5-6-15;/h7-10,14-15,18-19H,5-6,11-13H2,1-4H3,(H,22,23);1H. The molecule has 1 aliphatic heterocycles. The topological polar surface area (TPSA) is 40.1 Å². The maximum absolute atomic E-state index is 13.2. The normalized spacial score (nSPS) is 24.5. The number of rotatable bonds is 5. The number of halogens is 2. The molecule has 1 heterocycles. The van der Waals surface area contributed by atoms with Crippen LogP contribution in [0.4, 0.5) is 4.39 Å². The highest BCUT2D eigenvalue weighted by Gasteiger charge is 2.33. The number of hydrogen-bond acceptors (Lipinski definition) is 3. The molecule has 0 bridgehead atoms. The van der Waals surface area contributed by atoms with Crippen molar-refractivity contribution < 1.29 is 9.13 Å². The van der Waals surface area contributed by atoms with E-state index in [4.69, 9.17) is 4.74 Å². The molecule has 2 fully saturated rings. The largest absolute Gasteiger partial charge is 0.367 e. The molecule has 1 aliphatic carbocycles. The van der Waals surface area contributed by atoms with Crippen LogP contribution in [0.5, 0.6) is 0 Å². The van der Waals surface area contributed by atoms with Gasteiger partial charge in [0.2, 0.25) is 0 Å². The van der Waals surface area contributed by atoms with Gasteiger partial charge < -0.3 is 19.9 Å². The zero-order chi connectivity index (χ0) is 18.7. The lowest BCUT2D eigenvalue weighted by Gasteiger charge is -2.39. The molecule has 7 heteroatoms. The van der Waals surface area contributed by atoms with Crippen molar-refractivity contribution in [3.63, 3.8) is 0 Å². The molecule has 1 aromatic rings. The second-order valence-electron chi connectivity index (χ2n) is 7.69. The van der Waals surface area contributed by atoms with Crippen LogP contribution in [0.1, 0.15) is 31.4 Å². The molecule has 27 heavy (non-hydrogen) atoms. The van der Waals surface area contributed by atoms with Crippen molar-refractivity contribution in [2.45, 2.75) is 38.0 Å². The van der Waals surface area contributed by atoms with Gasteiger partial charge >= 0.3 is 0 Å². The first-order valence-electron chi connectivity index (χ1n) is 9.51. The van der Waals surface area contributed by atoms with Gasteiger partial charge in [-0.3, -0.25) is 4.99 Å². The summed E-state index contributed by atoms with van der Waals surface area (Å²) in [7, 11) is 6.13. The molecule has 3 unspecified atom stereocenters. The van der Waals surface area contributed by atoms with Crippen LogP contribution in [0.25, 0.3) is 0 Å². The van der Waals surface area contributed by atoms with E-state index in [1.54, 1.807) is 0 Å². The number of nitrogens with one attached hydrogen (secondary N) is 1. The van der Waals surface area contributed by atoms with Crippen molar-refractivity contribution in [1.82, 2.24) is 15.1 Å². The minimum absolute atomic E-state index is 0. The van der Waals surface area contributed by atoms with Gasteiger partial charge in [0.25, 0.3) is 0 Å². The minimum atomic E-state index is -0.221. The summed E-state index contributed by atoms with van der Waals surface area (Å²) in [6.45, 7) is 4.49. The van der Waals surface area contributed by atoms with Gasteiger partial charge in [0, 0.05) is 26.2 Å². The Morgan fingerprint density at radius 1 is 1.30 bits per heavy atom. The third-order valence-electron chi connectivity index (χ3n) is 5.31. The van der Waals surface area contributed by atoms with E-state index in [1.165, 1.54) is 25.0 Å². The molecule has 5 nitrogen and oxygen atoms in total. The second kappa shape index (κ2) is 10.0. The Balaban J connectivity index is 0.00000261. The molecule has 0 amide bonds. The summed E-state index contributed by atoms with van der Waals surface area (Å²) in [5.74, 6) is 1.49. The first-order valence-corrected chi connectivity index (χ1v) is 9.51. The van der Waals surface area contributed by atoms with E-state index in [9.17, 15) is 4.39 Å². The van der Waals surface area contributed by atoms with Crippen molar-refractivity contribution >= 4 is 29.9 Å². The summed E-state index contributed by atoms with van der Waals surface area (Å²) in [4.78, 5) is 9.06. The number of hydrogen-bond donors (Lipinski definition) is 1. The van der Waals surface area contributed by atoms with Crippen molar-refractivity contribution in [1.29, 1.82) is 0 Å². The van der Waals surface area contributed by atoms with Crippen LogP contribution in [0.2, 0.25) is 0 Å². The third-order valence-corrected chi connectivity index (χ3v) is 5.31. The van der Waals surface area contributed by atoms with Crippen LogP contribution in [0.15, 0.2) is 29.3 Å². The average molecular weight is 490 g/mol. The Labute approximate surface area is 179 Å². The summed E-state index contributed by atoms with van der Waals surface area (Å²) in [6.07, 6.45) is 2.66. The minimum Gasteiger partial charge on any atom is -0.367 e. The first kappa shape index (κ1) is 22.4. The lowest BCUT2D eigenvalue weighted by atomic mass is 10.1. The number of likely N-dealkylation sites (N-methyl/N-ethyl adjacent to an activating group) is 1. The summed E-state index contributed by atoms with van der Waals surface area (Å²) in [6, 6.07) is 7.14. The van der Waals surface area contributed by atoms with E-state index in [1.807, 2.05) is 19.2 Å². The van der Waals surface area contributed by atoms with Gasteiger partial charge in [-0.25, -0.2) is 4.39 Å². The van der Waals surface area contributed by atoms with Crippen LogP contribution in [-0.4, -0.2) is 68.7 Å². The van der Waals surface area contributed by atoms with Crippen molar-refractivity contribution in [2.75, 3.05) is 40.8 Å². The van der Waals surface area contributed by atoms with Gasteiger partial charge in [-0.2, -0.15) is 0 Å². The molecular weight excluding hydrogens is 458 g/mol. The quantitative estimate of drug-likeness (QED) is 0.391. The molecule has 0 spiro atoms. The third kappa shape index (κ3) is 6.02. The Morgan fingerprint density at radius 2 is 1.96 bits per heavy atom. The highest BCUT2D eigenvalue weighted by atomic mass is 127. The number of aliphatic imine (C=N–C) groups is 1. The van der Waals surface area contributed by atoms with Gasteiger partial charge in [0.05, 0.1) is 12.6 Å². The van der Waals surface area contributed by atoms with E-state index in [-0.39, 0.29) is 42.0 Å². The molecule has 1 saturated heterocycles. The number of nitrogens with zero attached hydrogens (tertiary/aromatic N) is 3. The van der Waals surface area contributed by atoms with E-state index in [0.717, 1.165) is 30.5 Å². The molecule has 3 atom stereocenters. The summed E-state index contributed by atoms with van der Waals surface area (Å²) in [5, 5.41) is 3.56. The number of morpholine rings is 1. The van der Waals surface area contributed by atoms with E-state index in [2.05, 4.69) is 41.1 Å². The van der Waals surface area contributed by atoms with Crippen molar-refractivity contribution in [2.24, 2.45) is 10.9 Å². The lowest BCUT2D eigenvalue weighted by Crippen LogP contribution is -2.53. The number of guanidine groups is 1. The molecule has 1 aromatic carbocycles. The number of ether oxygens (including phenoxy) is 1. The molecule has 0 aromatic heterocycles. The Bertz CT molecular complexity index is 619. The van der Waals surface area contributed by atoms with Crippen LogP contribution in [0.3, 0.4) is 0 Å². The van der Waals surface area contributed by atoms with E-state index >= 15 is 0 Å². The van der Waals surface area contributed by atoms with E-state index in [0.29, 0.717) is 12.6 Å². The Kier molecular flexibility index (Phi) is 8.30. The predicted octanol–water partition coefficient (Wildman–Crippen LogP) is 3.12. The smallest absolute Gasteiger partial charge is 0.193 e. The fourth-order valence-electron chi connectivity index (χ4n) is 3.77. The monoisotopic (exact) mass is 490 g/mol. The number of benzene rings is 1. The molecule has 0 radical (unpaired) electrons. The highest BCUT2D eigenvalue weighted by Crippen LogP contribution is 2.34. The second-order valence-corrected chi connectivity index (χ2v) is 7.69. The molecule has 3 rings (SSSR count).